The van der Waals surface area contributed by atoms with Gasteiger partial charge in [-0.2, -0.15) is 4.57 Å². The van der Waals surface area contributed by atoms with Gasteiger partial charge in [0, 0.05) is 17.7 Å². The van der Waals surface area contributed by atoms with Crippen LogP contribution in [0.5, 0.6) is 0 Å². The van der Waals surface area contributed by atoms with Crippen LogP contribution in [0.25, 0.3) is 6.08 Å². The van der Waals surface area contributed by atoms with Gasteiger partial charge in [0.1, 0.15) is 13.3 Å². The first kappa shape index (κ1) is 12.9. The van der Waals surface area contributed by atoms with Crippen molar-refractivity contribution in [1.29, 1.82) is 0 Å². The molecular formula is C12H15N2O3+. The molecule has 0 atom stereocenters. The minimum Gasteiger partial charge on any atom is -0.466 e. The van der Waals surface area contributed by atoms with E-state index in [4.69, 9.17) is 0 Å². The Labute approximate surface area is 100.0 Å². The van der Waals surface area contributed by atoms with Crippen molar-refractivity contribution in [2.24, 2.45) is 5.16 Å². The van der Waals surface area contributed by atoms with E-state index < -0.39 is 0 Å². The number of methoxy groups -OCH3 is 1. The van der Waals surface area contributed by atoms with E-state index in [-0.39, 0.29) is 5.97 Å². The molecule has 0 aliphatic carbocycles. The smallest absolute Gasteiger partial charge is 0.330 e. The monoisotopic (exact) mass is 235 g/mol. The van der Waals surface area contributed by atoms with Gasteiger partial charge in [-0.15, -0.1) is 0 Å². The Morgan fingerprint density at radius 1 is 1.53 bits per heavy atom. The van der Waals surface area contributed by atoms with Gasteiger partial charge in [-0.05, 0) is 12.1 Å². The number of pyridine rings is 1. The van der Waals surface area contributed by atoms with E-state index in [1.165, 1.54) is 20.3 Å². The zero-order chi connectivity index (χ0) is 12.5. The predicted octanol–water partition coefficient (Wildman–Crippen LogP) is 0.792. The lowest BCUT2D eigenvalue weighted by Crippen LogP contribution is -2.33. The van der Waals surface area contributed by atoms with Crippen LogP contribution in [0, 0.1) is 0 Å². The summed E-state index contributed by atoms with van der Waals surface area (Å²) >= 11 is 0. The number of rotatable bonds is 5. The quantitative estimate of drug-likeness (QED) is 0.249. The normalized spacial score (nSPS) is 10.9. The molecule has 0 saturated heterocycles. The molecule has 0 N–H and O–H groups in total. The highest BCUT2D eigenvalue weighted by molar-refractivity contribution is 5.86. The fourth-order valence-corrected chi connectivity index (χ4v) is 1.19. The molecule has 0 amide bonds. The van der Waals surface area contributed by atoms with Crippen LogP contribution in [0.4, 0.5) is 0 Å². The summed E-state index contributed by atoms with van der Waals surface area (Å²) in [7, 11) is 2.84. The standard InChI is InChI=1S/C12H15N2O3/c1-16-12(15)6-5-11-4-3-8-14(10-11)9-7-13-17-2/h3-8,10H,9H2,1-2H3/q+1/b6-5+,13-7+. The first-order chi connectivity index (χ1) is 8.26. The zero-order valence-electron chi connectivity index (χ0n) is 9.87. The van der Waals surface area contributed by atoms with E-state index in [9.17, 15) is 4.79 Å². The van der Waals surface area contributed by atoms with Crippen molar-refractivity contribution in [3.63, 3.8) is 0 Å². The van der Waals surface area contributed by atoms with Gasteiger partial charge in [-0.1, -0.05) is 5.16 Å². The molecule has 1 heterocycles. The third-order valence-electron chi connectivity index (χ3n) is 1.97. The minimum absolute atomic E-state index is 0.374. The summed E-state index contributed by atoms with van der Waals surface area (Å²) in [6, 6.07) is 3.78. The van der Waals surface area contributed by atoms with Gasteiger partial charge in [0.2, 0.25) is 0 Å². The summed E-state index contributed by atoms with van der Waals surface area (Å²) in [6.45, 7) is 0.605. The summed E-state index contributed by atoms with van der Waals surface area (Å²) in [5, 5.41) is 3.65. The minimum atomic E-state index is -0.374. The van der Waals surface area contributed by atoms with Crippen molar-refractivity contribution in [3.8, 4) is 0 Å². The number of carbonyl (C=O) groups is 1. The number of aromatic nitrogens is 1. The number of hydrogen-bond acceptors (Lipinski definition) is 4. The van der Waals surface area contributed by atoms with Crippen LogP contribution in [0.3, 0.4) is 0 Å². The van der Waals surface area contributed by atoms with Gasteiger partial charge in [-0.3, -0.25) is 0 Å². The summed E-state index contributed by atoms with van der Waals surface area (Å²) < 4.78 is 6.43. The molecule has 0 fully saturated rings. The lowest BCUT2D eigenvalue weighted by Gasteiger charge is -1.94. The maximum Gasteiger partial charge on any atom is 0.330 e. The van der Waals surface area contributed by atoms with Crippen LogP contribution in [0.1, 0.15) is 5.56 Å². The van der Waals surface area contributed by atoms with E-state index in [0.29, 0.717) is 6.54 Å². The summed E-state index contributed by atoms with van der Waals surface area (Å²) in [4.78, 5) is 15.5. The van der Waals surface area contributed by atoms with E-state index in [2.05, 4.69) is 14.7 Å². The van der Waals surface area contributed by atoms with Crippen molar-refractivity contribution < 1.29 is 18.9 Å². The topological polar surface area (TPSA) is 51.8 Å². The van der Waals surface area contributed by atoms with Crippen LogP contribution in [0.15, 0.2) is 35.8 Å². The summed E-state index contributed by atoms with van der Waals surface area (Å²) in [6.07, 6.45) is 8.50. The molecule has 0 saturated carbocycles. The SMILES string of the molecule is CO/N=C/C[n+]1cccc(/C=C/C(=O)OC)c1. The van der Waals surface area contributed by atoms with E-state index in [0.717, 1.165) is 5.56 Å². The molecule has 0 aliphatic heterocycles. The molecule has 1 aromatic heterocycles. The largest absolute Gasteiger partial charge is 0.466 e. The number of esters is 1. The van der Waals surface area contributed by atoms with Gasteiger partial charge in [0.25, 0.3) is 0 Å². The second-order valence-corrected chi connectivity index (χ2v) is 3.16. The number of ether oxygens (including phenoxy) is 1. The van der Waals surface area contributed by atoms with Gasteiger partial charge >= 0.3 is 5.97 Å². The molecule has 5 heteroatoms. The zero-order valence-corrected chi connectivity index (χ0v) is 9.87. The molecule has 0 spiro atoms. The Bertz CT molecular complexity index is 428. The molecule has 0 aliphatic rings. The van der Waals surface area contributed by atoms with Crippen molar-refractivity contribution in [3.05, 3.63) is 36.2 Å². The second kappa shape index (κ2) is 7.16. The molecule has 0 aromatic carbocycles. The highest BCUT2D eigenvalue weighted by Crippen LogP contribution is 1.97. The fraction of sp³-hybridized carbons (Fsp3) is 0.250. The number of oxime groups is 1. The van der Waals surface area contributed by atoms with E-state index >= 15 is 0 Å². The Kier molecular flexibility index (Phi) is 5.43. The lowest BCUT2D eigenvalue weighted by atomic mass is 10.2. The maximum absolute atomic E-state index is 10.9. The third kappa shape index (κ3) is 4.92. The van der Waals surface area contributed by atoms with Crippen molar-refractivity contribution >= 4 is 18.3 Å². The molecule has 1 aromatic rings. The average molecular weight is 235 g/mol. The number of hydrogen-bond donors (Lipinski definition) is 0. The van der Waals surface area contributed by atoms with Gasteiger partial charge in [0.15, 0.2) is 18.9 Å². The van der Waals surface area contributed by atoms with E-state index in [1.54, 1.807) is 12.3 Å². The van der Waals surface area contributed by atoms with E-state index in [1.807, 2.05) is 29.1 Å². The van der Waals surface area contributed by atoms with Gasteiger partial charge in [0.05, 0.1) is 7.11 Å². The maximum atomic E-state index is 10.9. The second-order valence-electron chi connectivity index (χ2n) is 3.16. The first-order valence-corrected chi connectivity index (χ1v) is 5.06. The van der Waals surface area contributed by atoms with Crippen LogP contribution in [-0.2, 0) is 20.9 Å². The summed E-state index contributed by atoms with van der Waals surface area (Å²) in [5.74, 6) is -0.374. The molecule has 0 radical (unpaired) electrons. The Hall–Kier alpha value is -2.17. The van der Waals surface area contributed by atoms with Crippen molar-refractivity contribution in [2.75, 3.05) is 14.2 Å². The number of carbonyl (C=O) groups excluding carboxylic acids is 1. The lowest BCUT2D eigenvalue weighted by molar-refractivity contribution is -0.681. The number of nitrogens with zero attached hydrogens (tertiary/aromatic N) is 2. The molecule has 0 unspecified atom stereocenters. The molecule has 5 nitrogen and oxygen atoms in total. The predicted molar refractivity (Wildman–Crippen MR) is 63.2 cm³/mol. The highest BCUT2D eigenvalue weighted by atomic mass is 16.6. The van der Waals surface area contributed by atoms with Crippen LogP contribution in [-0.4, -0.2) is 26.4 Å². The Morgan fingerprint density at radius 2 is 2.35 bits per heavy atom. The third-order valence-corrected chi connectivity index (χ3v) is 1.97. The fourth-order valence-electron chi connectivity index (χ4n) is 1.19. The van der Waals surface area contributed by atoms with Crippen LogP contribution < -0.4 is 4.57 Å². The molecule has 0 bridgehead atoms. The highest BCUT2D eigenvalue weighted by Gasteiger charge is 1.99. The van der Waals surface area contributed by atoms with Crippen LogP contribution in [0.2, 0.25) is 0 Å². The first-order valence-electron chi connectivity index (χ1n) is 5.06. The molecule has 17 heavy (non-hydrogen) atoms. The molecule has 1 rings (SSSR count). The Morgan fingerprint density at radius 3 is 3.06 bits per heavy atom. The Balaban J connectivity index is 2.68. The van der Waals surface area contributed by atoms with Crippen molar-refractivity contribution in [2.45, 2.75) is 6.54 Å². The van der Waals surface area contributed by atoms with Crippen LogP contribution >= 0.6 is 0 Å². The summed E-state index contributed by atoms with van der Waals surface area (Å²) in [5.41, 5.74) is 0.906. The van der Waals surface area contributed by atoms with Gasteiger partial charge < -0.3 is 9.57 Å². The molecule has 90 valence electrons. The average Bonchev–Trinajstić information content (AvgIpc) is 2.37. The molecular weight excluding hydrogens is 220 g/mol. The van der Waals surface area contributed by atoms with Crippen molar-refractivity contribution in [1.82, 2.24) is 0 Å². The van der Waals surface area contributed by atoms with Gasteiger partial charge in [-0.25, -0.2) is 4.79 Å².